The van der Waals surface area contributed by atoms with Gasteiger partial charge in [-0.2, -0.15) is 0 Å². The average Bonchev–Trinajstić information content (AvgIpc) is 1.66. The van der Waals surface area contributed by atoms with Crippen LogP contribution < -0.4 is 0 Å². The minimum atomic E-state index is 0.114. The predicted molar refractivity (Wildman–Crippen MR) is 478 cm³/mol. The van der Waals surface area contributed by atoms with Gasteiger partial charge in [-0.3, -0.25) is 41.1 Å². The molecule has 120 heavy (non-hydrogen) atoms. The van der Waals surface area contributed by atoms with Crippen LogP contribution in [0.25, 0.3) is 189 Å². The normalized spacial score (nSPS) is 11.9. The number of aryl methyl sites for hydroxylation is 1. The molecule has 0 atom stereocenters. The third-order valence-electron chi connectivity index (χ3n) is 22.1. The lowest BCUT2D eigenvalue weighted by Gasteiger charge is -2.17. The number of benzene rings is 15. The van der Waals surface area contributed by atoms with Crippen LogP contribution in [0.2, 0.25) is 0 Å². The predicted octanol–water partition coefficient (Wildman–Crippen LogP) is 23.0. The molecule has 24 aromatic rings. The van der Waals surface area contributed by atoms with Gasteiger partial charge in [0.1, 0.15) is 59.7 Å². The molecular weight excluding hydrogens is 1480 g/mol. The van der Waals surface area contributed by atoms with Crippen LogP contribution in [0.15, 0.2) is 390 Å². The quantitative estimate of drug-likeness (QED) is 0.108. The lowest BCUT2D eigenvalue weighted by atomic mass is 10.0. The van der Waals surface area contributed by atoms with E-state index < -0.39 is 0 Å². The van der Waals surface area contributed by atoms with Crippen LogP contribution in [-0.2, 0) is 0 Å². The zero-order valence-corrected chi connectivity index (χ0v) is 64.2. The molecule has 15 aromatic carbocycles. The van der Waals surface area contributed by atoms with Gasteiger partial charge in [0.15, 0.2) is 5.52 Å². The fourth-order valence-corrected chi connectivity index (χ4v) is 16.5. The molecule has 0 bridgehead atoms. The molecule has 0 saturated carbocycles. The van der Waals surface area contributed by atoms with Crippen LogP contribution in [0.5, 0.6) is 0 Å². The summed E-state index contributed by atoms with van der Waals surface area (Å²) in [5.74, 6) is 1.28. The van der Waals surface area contributed by atoms with E-state index in [0.717, 1.165) is 190 Å². The van der Waals surface area contributed by atoms with Crippen LogP contribution in [0, 0.1) is 13.5 Å². The molecule has 566 valence electrons. The number of hydrogen-bond acceptors (Lipinski definition) is 9. The molecule has 0 spiro atoms. The number of hydrogen-bond donors (Lipinski definition) is 0. The second-order valence-electron chi connectivity index (χ2n) is 29.1. The highest BCUT2D eigenvalue weighted by Crippen LogP contribution is 2.41. The highest BCUT2D eigenvalue weighted by atomic mass is 15.2. The number of fused-ring (bicyclic) bond motifs is 9. The summed E-state index contributed by atoms with van der Waals surface area (Å²) in [5.41, 5.74) is 30.6. The van der Waals surface area contributed by atoms with Gasteiger partial charge in [-0.15, -0.1) is 11.6 Å². The summed E-state index contributed by atoms with van der Waals surface area (Å²) in [6, 6.07) is 116. The fraction of sp³-hybridized carbons (Fsp3) is 0.00990. The van der Waals surface area contributed by atoms with Crippen molar-refractivity contribution in [3.05, 3.63) is 407 Å². The summed E-state index contributed by atoms with van der Waals surface area (Å²) in [5, 5.41) is 0. The lowest BCUT2D eigenvalue weighted by molar-refractivity contribution is 1.00. The lowest BCUT2D eigenvalue weighted by Crippen LogP contribution is -2.02. The van der Waals surface area contributed by atoms with Gasteiger partial charge in [0.2, 0.25) is 0 Å². The molecule has 0 N–H and O–H groups in total. The van der Waals surface area contributed by atoms with Crippen molar-refractivity contribution in [2.24, 2.45) is 0 Å². The molecule has 0 amide bonds. The second-order valence-corrected chi connectivity index (χ2v) is 29.1. The van der Waals surface area contributed by atoms with E-state index in [1.165, 1.54) is 0 Å². The first-order valence-corrected chi connectivity index (χ1v) is 39.2. The van der Waals surface area contributed by atoms with E-state index in [-0.39, 0.29) is 18.9 Å². The number of nitrogens with zero attached hydrogens (tertiary/aromatic N) is 19. The first kappa shape index (κ1) is 66.5. The average molecular weight is 1550 g/mol. The largest absolute Gasteiger partial charge is 0.396 e. The summed E-state index contributed by atoms with van der Waals surface area (Å²) in [7, 11) is 0. The molecular formula is C101H67N19. The summed E-state index contributed by atoms with van der Waals surface area (Å²) in [6.45, 7) is 9.94. The Hall–Kier alpha value is -17.0. The standard InChI is InChI=1S/C34H21N7.C34H24N6.C33H22N6/c1-35-34-38-29-13-5-9-17-33(29)41(34)30-14-6-2-10-26(30)23-18-24(39-21-36-27-11-3-7-15-31(27)39)20-25(19-23)40-22-37-28-12-4-8-16-32(28)40;1-23-37-30-13-5-9-17-34(30)40(23)31-14-6-2-10-27(31)24-18-25(38-21-35-28-11-3-7-15-32(28)38)20-26(19-24)39-22-36-29-12-4-8-16-33(29)39;1-5-13-30(39-22-36-29-12-4-8-16-33(29)39)26(9-1)23-17-24(37-20-34-27-10-2-6-14-31(27)37)19-25(18-23)38-21-35-28-11-3-7-15-32(28)38/h2-22H;2-22H,1H3;1-22H/i;;20D,21D,22D. The maximum Gasteiger partial charge on any atom is 0.344 e. The molecule has 0 aliphatic carbocycles. The third kappa shape index (κ3) is 12.2. The van der Waals surface area contributed by atoms with E-state index in [1.54, 1.807) is 0 Å². The van der Waals surface area contributed by atoms with Crippen LogP contribution in [0.1, 0.15) is 9.94 Å². The maximum absolute atomic E-state index is 8.76. The van der Waals surface area contributed by atoms with Gasteiger partial charge in [-0.05, 0) is 206 Å². The highest BCUT2D eigenvalue weighted by Gasteiger charge is 2.23. The fourth-order valence-electron chi connectivity index (χ4n) is 16.5. The Balaban J connectivity index is 0.000000110. The van der Waals surface area contributed by atoms with Gasteiger partial charge in [-0.25, -0.2) is 39.9 Å². The molecule has 0 unspecified atom stereocenters. The first-order valence-electron chi connectivity index (χ1n) is 40.7. The Labute approximate surface area is 690 Å². The molecule has 0 radical (unpaired) electrons. The van der Waals surface area contributed by atoms with Gasteiger partial charge in [0.25, 0.3) is 0 Å². The maximum atomic E-state index is 8.76. The van der Waals surface area contributed by atoms with E-state index in [1.807, 2.05) is 268 Å². The van der Waals surface area contributed by atoms with Gasteiger partial charge in [0.05, 0.1) is 105 Å². The number of imidazole rings is 9. The zero-order valence-electron chi connectivity index (χ0n) is 67.2. The number of para-hydroxylation sites is 21. The first-order chi connectivity index (χ1) is 60.6. The molecule has 9 aromatic heterocycles. The molecule has 9 heterocycles. The van der Waals surface area contributed by atoms with E-state index in [0.29, 0.717) is 5.95 Å². The van der Waals surface area contributed by atoms with Crippen LogP contribution >= 0.6 is 0 Å². The van der Waals surface area contributed by atoms with Crippen molar-refractivity contribution < 1.29 is 4.11 Å². The Bertz CT molecular complexity index is 8060. The van der Waals surface area contributed by atoms with Crippen molar-refractivity contribution in [2.45, 2.75) is 6.92 Å². The third-order valence-corrected chi connectivity index (χ3v) is 22.1. The summed E-state index contributed by atoms with van der Waals surface area (Å²) < 4.78 is 44.5. The second kappa shape index (κ2) is 29.1. The van der Waals surface area contributed by atoms with Crippen molar-refractivity contribution in [1.82, 2.24) is 86.0 Å². The SMILES string of the molecule is Cc1nc2ccccc2n1-c1ccccc1-c1cc(-n2cnc3ccccc32)cc(-n2cnc3ccccc32)c1.[2H]c1nc2ccccc2n1-c1cc(-c2ccccc2-n2c([2H])nc3ccccc32)cc(-n2c([2H])nc3ccccc32)c1.[C-]#[N+]c1nc2ccccc2n1-c1ccccc1-c1cc(-n2cnc3ccccc32)cc(-n2cnc3ccccc32)c1. The van der Waals surface area contributed by atoms with Crippen LogP contribution in [0.3, 0.4) is 0 Å². The molecule has 0 fully saturated rings. The Kier molecular flexibility index (Phi) is 16.1. The van der Waals surface area contributed by atoms with E-state index >= 15 is 0 Å². The molecule has 24 rings (SSSR count). The summed E-state index contributed by atoms with van der Waals surface area (Å²) in [6.07, 6.45) is 7.91. The minimum absolute atomic E-state index is 0.114. The van der Waals surface area contributed by atoms with Crippen molar-refractivity contribution in [2.75, 3.05) is 0 Å². The molecule has 0 saturated heterocycles. The summed E-state index contributed by atoms with van der Waals surface area (Å²) in [4.78, 5) is 45.4. The van der Waals surface area contributed by atoms with E-state index in [4.69, 9.17) is 15.7 Å². The highest BCUT2D eigenvalue weighted by molar-refractivity contribution is 5.91. The van der Waals surface area contributed by atoms with Gasteiger partial charge in [-0.1, -0.05) is 164 Å². The Morgan fingerprint density at radius 2 is 0.492 bits per heavy atom. The van der Waals surface area contributed by atoms with Gasteiger partial charge >= 0.3 is 5.95 Å². The Morgan fingerprint density at radius 3 is 0.858 bits per heavy atom. The summed E-state index contributed by atoms with van der Waals surface area (Å²) >= 11 is 0. The number of aromatic nitrogens is 18. The van der Waals surface area contributed by atoms with Crippen LogP contribution in [-0.4, -0.2) is 86.0 Å². The molecule has 0 aliphatic rings. The Morgan fingerprint density at radius 1 is 0.242 bits per heavy atom. The minimum Gasteiger partial charge on any atom is -0.396 e. The van der Waals surface area contributed by atoms with Crippen LogP contribution in [0.4, 0.5) is 5.95 Å². The molecule has 0 aliphatic heterocycles. The van der Waals surface area contributed by atoms with Crippen molar-refractivity contribution >= 4 is 105 Å². The van der Waals surface area contributed by atoms with Gasteiger partial charge in [0, 0.05) is 50.8 Å². The topological polar surface area (TPSA) is 165 Å². The molecule has 19 heteroatoms. The zero-order chi connectivity index (χ0) is 82.3. The van der Waals surface area contributed by atoms with Gasteiger partial charge < -0.3 is 4.85 Å². The monoisotopic (exact) mass is 1550 g/mol. The van der Waals surface area contributed by atoms with E-state index in [2.05, 4.69) is 196 Å². The van der Waals surface area contributed by atoms with Crippen molar-refractivity contribution in [3.8, 4) is 84.6 Å². The van der Waals surface area contributed by atoms with Crippen molar-refractivity contribution in [1.29, 1.82) is 0 Å². The van der Waals surface area contributed by atoms with E-state index in [9.17, 15) is 0 Å². The number of rotatable bonds is 12. The van der Waals surface area contributed by atoms with Crippen molar-refractivity contribution in [3.63, 3.8) is 0 Å². The molecule has 19 nitrogen and oxygen atoms in total. The smallest absolute Gasteiger partial charge is 0.344 e.